The molecular weight excluding hydrogens is 352 g/mol. The highest BCUT2D eigenvalue weighted by Crippen LogP contribution is 2.11. The van der Waals surface area contributed by atoms with E-state index in [9.17, 15) is 4.79 Å². The minimum Gasteiger partial charge on any atom is -0.362 e. The van der Waals surface area contributed by atoms with Crippen molar-refractivity contribution in [2.24, 2.45) is 0 Å². The van der Waals surface area contributed by atoms with Crippen molar-refractivity contribution in [3.63, 3.8) is 0 Å². The molecule has 0 atom stereocenters. The Hall–Kier alpha value is -1.73. The maximum absolute atomic E-state index is 12.0. The van der Waals surface area contributed by atoms with Crippen molar-refractivity contribution < 1.29 is 4.79 Å². The number of imidazole rings is 1. The van der Waals surface area contributed by atoms with Crippen molar-refractivity contribution in [2.75, 3.05) is 6.54 Å². The molecule has 1 aromatic carbocycles. The molecule has 0 bridgehead atoms. The van der Waals surface area contributed by atoms with Gasteiger partial charge >= 0.3 is 0 Å². The number of carbonyl (C=O) groups is 1. The lowest BCUT2D eigenvalue weighted by Gasteiger charge is -2.10. The molecule has 7 heteroatoms. The van der Waals surface area contributed by atoms with Crippen LogP contribution >= 0.6 is 28.1 Å². The molecule has 2 rings (SSSR count). The van der Waals surface area contributed by atoms with Gasteiger partial charge in [0.25, 0.3) is 5.91 Å². The molecule has 0 spiro atoms. The number of halogens is 1. The van der Waals surface area contributed by atoms with E-state index in [1.54, 1.807) is 30.7 Å². The van der Waals surface area contributed by atoms with Gasteiger partial charge in [0.2, 0.25) is 0 Å². The van der Waals surface area contributed by atoms with Crippen LogP contribution in [0.3, 0.4) is 0 Å². The minimum atomic E-state index is -0.219. The van der Waals surface area contributed by atoms with Crippen LogP contribution in [-0.4, -0.2) is 27.1 Å². The van der Waals surface area contributed by atoms with Gasteiger partial charge in [-0.25, -0.2) is 4.98 Å². The average Bonchev–Trinajstić information content (AvgIpc) is 2.97. The van der Waals surface area contributed by atoms with Gasteiger partial charge in [-0.15, -0.1) is 0 Å². The highest BCUT2D eigenvalue weighted by Gasteiger charge is 2.07. The van der Waals surface area contributed by atoms with Gasteiger partial charge in [0.1, 0.15) is 0 Å². The van der Waals surface area contributed by atoms with E-state index >= 15 is 0 Å². The number of nitrogens with zero attached hydrogens (tertiary/aromatic N) is 2. The molecule has 5 nitrogen and oxygen atoms in total. The molecule has 0 saturated carbocycles. The van der Waals surface area contributed by atoms with Gasteiger partial charge < -0.3 is 9.88 Å². The number of hydrogen-bond donors (Lipinski definition) is 2. The summed E-state index contributed by atoms with van der Waals surface area (Å²) >= 11 is 8.43. The molecule has 0 fully saturated rings. The van der Waals surface area contributed by atoms with Crippen LogP contribution in [0, 0.1) is 0 Å². The van der Waals surface area contributed by atoms with Gasteiger partial charge in [-0.2, -0.15) is 0 Å². The van der Waals surface area contributed by atoms with E-state index in [0.717, 1.165) is 17.4 Å². The second-order valence-corrected chi connectivity index (χ2v) is 5.70. The predicted octanol–water partition coefficient (Wildman–Crippen LogP) is 2.34. The Labute approximate surface area is 136 Å². The Kier molecular flexibility index (Phi) is 5.89. The van der Waals surface area contributed by atoms with Crippen molar-refractivity contribution in [1.29, 1.82) is 0 Å². The van der Waals surface area contributed by atoms with Crippen LogP contribution in [0.4, 0.5) is 0 Å². The Morgan fingerprint density at radius 2 is 2.29 bits per heavy atom. The van der Waals surface area contributed by atoms with Gasteiger partial charge in [0, 0.05) is 35.5 Å². The quantitative estimate of drug-likeness (QED) is 0.629. The topological polar surface area (TPSA) is 59.0 Å². The van der Waals surface area contributed by atoms with E-state index < -0.39 is 0 Å². The van der Waals surface area contributed by atoms with E-state index in [1.165, 1.54) is 0 Å². The largest absolute Gasteiger partial charge is 0.362 e. The maximum atomic E-state index is 12.0. The fraction of sp³-hybridized carbons (Fsp3) is 0.214. The number of aryl methyl sites for hydroxylation is 1. The minimum absolute atomic E-state index is 0.219. The summed E-state index contributed by atoms with van der Waals surface area (Å²) in [6.07, 6.45) is 6.32. The third kappa shape index (κ3) is 5.28. The number of amides is 1. The molecule has 1 heterocycles. The number of thiocarbonyl (C=S) groups is 1. The first kappa shape index (κ1) is 15.7. The maximum Gasteiger partial charge on any atom is 0.257 e. The van der Waals surface area contributed by atoms with E-state index in [4.69, 9.17) is 12.2 Å². The summed E-state index contributed by atoms with van der Waals surface area (Å²) in [6, 6.07) is 7.16. The normalized spacial score (nSPS) is 10.1. The molecule has 110 valence electrons. The molecule has 0 aliphatic heterocycles. The number of nitrogens with one attached hydrogen (secondary N) is 2. The molecule has 1 aromatic heterocycles. The van der Waals surface area contributed by atoms with Gasteiger partial charge in [-0.3, -0.25) is 10.1 Å². The van der Waals surface area contributed by atoms with Crippen LogP contribution in [0.5, 0.6) is 0 Å². The Morgan fingerprint density at radius 1 is 1.43 bits per heavy atom. The summed E-state index contributed by atoms with van der Waals surface area (Å²) in [4.78, 5) is 15.9. The number of benzene rings is 1. The van der Waals surface area contributed by atoms with E-state index in [0.29, 0.717) is 17.2 Å². The van der Waals surface area contributed by atoms with Crippen molar-refractivity contribution >= 4 is 39.2 Å². The molecule has 2 aromatic rings. The zero-order valence-corrected chi connectivity index (χ0v) is 13.7. The molecule has 0 radical (unpaired) electrons. The van der Waals surface area contributed by atoms with Gasteiger partial charge in [-0.05, 0) is 36.8 Å². The summed E-state index contributed by atoms with van der Waals surface area (Å²) in [7, 11) is 0. The predicted molar refractivity (Wildman–Crippen MR) is 89.1 cm³/mol. The SMILES string of the molecule is O=C(NC(=S)NCCCn1ccnc1)c1cccc(Br)c1. The summed E-state index contributed by atoms with van der Waals surface area (Å²) in [5, 5.41) is 6.01. The highest BCUT2D eigenvalue weighted by molar-refractivity contribution is 9.10. The van der Waals surface area contributed by atoms with Gasteiger partial charge in [0.15, 0.2) is 5.11 Å². The summed E-state index contributed by atoms with van der Waals surface area (Å²) in [5.41, 5.74) is 0.562. The van der Waals surface area contributed by atoms with Crippen LogP contribution in [0.15, 0.2) is 47.5 Å². The van der Waals surface area contributed by atoms with Crippen molar-refractivity contribution in [3.05, 3.63) is 53.0 Å². The van der Waals surface area contributed by atoms with E-state index in [-0.39, 0.29) is 5.91 Å². The van der Waals surface area contributed by atoms with Gasteiger partial charge in [0.05, 0.1) is 6.33 Å². The number of rotatable bonds is 5. The Bertz CT molecular complexity index is 615. The molecule has 0 aliphatic rings. The highest BCUT2D eigenvalue weighted by atomic mass is 79.9. The third-order valence-corrected chi connectivity index (χ3v) is 3.49. The lowest BCUT2D eigenvalue weighted by Crippen LogP contribution is -2.39. The molecule has 21 heavy (non-hydrogen) atoms. The van der Waals surface area contributed by atoms with Crippen LogP contribution in [-0.2, 0) is 6.54 Å². The second-order valence-electron chi connectivity index (χ2n) is 4.37. The fourth-order valence-corrected chi connectivity index (χ4v) is 2.33. The second kappa shape index (κ2) is 7.90. The molecular formula is C14H15BrN4OS. The monoisotopic (exact) mass is 366 g/mol. The first-order valence-electron chi connectivity index (χ1n) is 6.45. The third-order valence-electron chi connectivity index (χ3n) is 2.75. The number of carbonyl (C=O) groups excluding carboxylic acids is 1. The number of aromatic nitrogens is 2. The lowest BCUT2D eigenvalue weighted by atomic mass is 10.2. The zero-order valence-electron chi connectivity index (χ0n) is 11.3. The van der Waals surface area contributed by atoms with Crippen molar-refractivity contribution in [1.82, 2.24) is 20.2 Å². The standard InChI is InChI=1S/C14H15BrN4OS/c15-12-4-1-3-11(9-12)13(20)18-14(21)17-5-2-7-19-8-6-16-10-19/h1,3-4,6,8-10H,2,5,7H2,(H2,17,18,20,21). The molecule has 0 saturated heterocycles. The van der Waals surface area contributed by atoms with E-state index in [2.05, 4.69) is 31.5 Å². The zero-order chi connectivity index (χ0) is 15.1. The van der Waals surface area contributed by atoms with Gasteiger partial charge in [-0.1, -0.05) is 22.0 Å². The summed E-state index contributed by atoms with van der Waals surface area (Å²) < 4.78 is 2.85. The smallest absolute Gasteiger partial charge is 0.257 e. The Morgan fingerprint density at radius 3 is 3.00 bits per heavy atom. The molecule has 0 unspecified atom stereocenters. The van der Waals surface area contributed by atoms with Crippen LogP contribution in [0.2, 0.25) is 0 Å². The molecule has 1 amide bonds. The van der Waals surface area contributed by atoms with E-state index in [1.807, 2.05) is 16.8 Å². The lowest BCUT2D eigenvalue weighted by molar-refractivity contribution is 0.0976. The molecule has 2 N–H and O–H groups in total. The van der Waals surface area contributed by atoms with Crippen molar-refractivity contribution in [3.8, 4) is 0 Å². The number of hydrogen-bond acceptors (Lipinski definition) is 3. The fourth-order valence-electron chi connectivity index (χ4n) is 1.73. The van der Waals surface area contributed by atoms with Crippen LogP contribution in [0.25, 0.3) is 0 Å². The van der Waals surface area contributed by atoms with Crippen LogP contribution in [0.1, 0.15) is 16.8 Å². The van der Waals surface area contributed by atoms with Crippen molar-refractivity contribution in [2.45, 2.75) is 13.0 Å². The molecule has 0 aliphatic carbocycles. The Balaban J connectivity index is 1.70. The first-order chi connectivity index (χ1) is 10.1. The first-order valence-corrected chi connectivity index (χ1v) is 7.66. The average molecular weight is 367 g/mol. The summed E-state index contributed by atoms with van der Waals surface area (Å²) in [6.45, 7) is 1.55. The summed E-state index contributed by atoms with van der Waals surface area (Å²) in [5.74, 6) is -0.219. The van der Waals surface area contributed by atoms with Crippen LogP contribution < -0.4 is 10.6 Å².